The zero-order chi connectivity index (χ0) is 31.5. The van der Waals surface area contributed by atoms with Gasteiger partial charge in [-0.05, 0) is 70.4 Å². The van der Waals surface area contributed by atoms with E-state index in [-0.39, 0.29) is 18.9 Å². The summed E-state index contributed by atoms with van der Waals surface area (Å²) in [5, 5.41) is 18.5. The number of fused-ring (bicyclic) bond motifs is 1. The number of nitrogens with one attached hydrogen (secondary N) is 3. The van der Waals surface area contributed by atoms with Gasteiger partial charge in [0.05, 0.1) is 15.9 Å². The van der Waals surface area contributed by atoms with E-state index in [1.54, 1.807) is 39.4 Å². The van der Waals surface area contributed by atoms with Gasteiger partial charge in [0.2, 0.25) is 5.95 Å². The third kappa shape index (κ3) is 6.86. The SMILES string of the molecule is CCNC(=O)Nc1nc2cc(-c3cnc(N4CCC(NC(=O)OC(C)(C)C)(C(=O)O)CC4)nc3)cc(-c3ccccn3)c2s1. The van der Waals surface area contributed by atoms with Crippen LogP contribution in [0.15, 0.2) is 48.9 Å². The lowest BCUT2D eigenvalue weighted by Crippen LogP contribution is -2.60. The van der Waals surface area contributed by atoms with Crippen LogP contribution in [0.5, 0.6) is 0 Å². The molecule has 0 aliphatic carbocycles. The number of nitrogens with zero attached hydrogens (tertiary/aromatic N) is 5. The van der Waals surface area contributed by atoms with Crippen molar-refractivity contribution in [3.8, 4) is 22.4 Å². The molecule has 0 radical (unpaired) electrons. The first kappa shape index (κ1) is 30.6. The minimum Gasteiger partial charge on any atom is -0.480 e. The fourth-order valence-corrected chi connectivity index (χ4v) is 5.84. The van der Waals surface area contributed by atoms with Crippen LogP contribution in [0.25, 0.3) is 32.6 Å². The smallest absolute Gasteiger partial charge is 0.408 e. The lowest BCUT2D eigenvalue weighted by Gasteiger charge is -2.39. The minimum absolute atomic E-state index is 0.160. The summed E-state index contributed by atoms with van der Waals surface area (Å²) >= 11 is 1.37. The zero-order valence-electron chi connectivity index (χ0n) is 24.9. The number of hydrogen-bond acceptors (Lipinski definition) is 10. The van der Waals surface area contributed by atoms with Crippen molar-refractivity contribution >= 4 is 50.7 Å². The van der Waals surface area contributed by atoms with E-state index < -0.39 is 23.2 Å². The number of piperidine rings is 1. The van der Waals surface area contributed by atoms with E-state index in [1.807, 2.05) is 42.2 Å². The molecule has 0 spiro atoms. The summed E-state index contributed by atoms with van der Waals surface area (Å²) in [5.74, 6) is -0.650. The van der Waals surface area contributed by atoms with Crippen molar-refractivity contribution in [3.63, 3.8) is 0 Å². The first-order valence-corrected chi connectivity index (χ1v) is 15.0. The summed E-state index contributed by atoms with van der Waals surface area (Å²) in [6, 6.07) is 9.27. The Morgan fingerprint density at radius 2 is 1.80 bits per heavy atom. The van der Waals surface area contributed by atoms with Crippen molar-refractivity contribution in [1.82, 2.24) is 30.6 Å². The second kappa shape index (κ2) is 12.4. The predicted octanol–water partition coefficient (Wildman–Crippen LogP) is 4.91. The molecule has 1 aliphatic heterocycles. The number of anilines is 2. The van der Waals surface area contributed by atoms with E-state index >= 15 is 0 Å². The second-order valence-corrected chi connectivity index (χ2v) is 12.4. The standard InChI is InChI=1S/C30H34N8O5S/c1-5-31-26(41)36-27-35-22-15-18(14-20(23(22)44-27)21-8-6-7-11-32-21)19-16-33-25(34-17-19)38-12-9-30(10-13-38,24(39)40)37-28(42)43-29(2,3)4/h6-8,11,14-17H,5,9-10,12-13H2,1-4H3,(H,37,42)(H,39,40)(H2,31,35,36,41). The predicted molar refractivity (Wildman–Crippen MR) is 168 cm³/mol. The highest BCUT2D eigenvalue weighted by Crippen LogP contribution is 2.38. The molecule has 3 amide bonds. The maximum absolute atomic E-state index is 12.4. The molecular weight excluding hydrogens is 584 g/mol. The summed E-state index contributed by atoms with van der Waals surface area (Å²) in [6.07, 6.45) is 4.71. The van der Waals surface area contributed by atoms with Gasteiger partial charge in [-0.2, -0.15) is 0 Å². The largest absolute Gasteiger partial charge is 0.480 e. The molecule has 4 heterocycles. The summed E-state index contributed by atoms with van der Waals surface area (Å²) in [4.78, 5) is 56.9. The van der Waals surface area contributed by atoms with Crippen LogP contribution in [-0.4, -0.2) is 73.9 Å². The molecule has 1 fully saturated rings. The van der Waals surface area contributed by atoms with Gasteiger partial charge in [0, 0.05) is 49.4 Å². The normalized spacial score (nSPS) is 14.6. The minimum atomic E-state index is -1.44. The number of carboxylic acid groups (broad SMARTS) is 1. The maximum atomic E-state index is 12.4. The van der Waals surface area contributed by atoms with Crippen LogP contribution in [0.4, 0.5) is 20.7 Å². The van der Waals surface area contributed by atoms with E-state index in [0.29, 0.717) is 36.2 Å². The summed E-state index contributed by atoms with van der Waals surface area (Å²) in [7, 11) is 0. The van der Waals surface area contributed by atoms with E-state index in [0.717, 1.165) is 27.1 Å². The van der Waals surface area contributed by atoms with Crippen LogP contribution in [0.3, 0.4) is 0 Å². The van der Waals surface area contributed by atoms with Crippen molar-refractivity contribution in [3.05, 3.63) is 48.9 Å². The van der Waals surface area contributed by atoms with Crippen LogP contribution in [0.2, 0.25) is 0 Å². The number of amides is 3. The fraction of sp³-hybridized carbons (Fsp3) is 0.367. The number of carboxylic acids is 1. The van der Waals surface area contributed by atoms with Gasteiger partial charge in [-0.1, -0.05) is 17.4 Å². The van der Waals surface area contributed by atoms with E-state index in [2.05, 4.69) is 35.9 Å². The van der Waals surface area contributed by atoms with Gasteiger partial charge < -0.3 is 25.4 Å². The zero-order valence-corrected chi connectivity index (χ0v) is 25.7. The number of alkyl carbamates (subject to hydrolysis) is 1. The monoisotopic (exact) mass is 618 g/mol. The number of pyridine rings is 1. The van der Waals surface area contributed by atoms with E-state index in [4.69, 9.17) is 4.74 Å². The molecule has 230 valence electrons. The summed E-state index contributed by atoms with van der Waals surface area (Å²) in [6.45, 7) is 8.17. The highest BCUT2D eigenvalue weighted by molar-refractivity contribution is 7.22. The first-order chi connectivity index (χ1) is 21.0. The molecule has 1 aromatic carbocycles. The molecule has 13 nitrogen and oxygen atoms in total. The van der Waals surface area contributed by atoms with Gasteiger partial charge in [-0.3, -0.25) is 10.3 Å². The first-order valence-electron chi connectivity index (χ1n) is 14.2. The molecule has 3 aromatic heterocycles. The molecule has 1 aliphatic rings. The molecule has 14 heteroatoms. The van der Waals surface area contributed by atoms with Gasteiger partial charge in [-0.25, -0.2) is 29.3 Å². The van der Waals surface area contributed by atoms with Crippen molar-refractivity contribution in [1.29, 1.82) is 0 Å². The van der Waals surface area contributed by atoms with Gasteiger partial charge in [-0.15, -0.1) is 0 Å². The highest BCUT2D eigenvalue weighted by Gasteiger charge is 2.44. The molecule has 4 aromatic rings. The third-order valence-electron chi connectivity index (χ3n) is 7.01. The maximum Gasteiger partial charge on any atom is 0.408 e. The summed E-state index contributed by atoms with van der Waals surface area (Å²) < 4.78 is 6.17. The number of carbonyl (C=O) groups is 3. The van der Waals surface area contributed by atoms with E-state index in [9.17, 15) is 19.5 Å². The number of rotatable bonds is 7. The second-order valence-electron chi connectivity index (χ2n) is 11.4. The van der Waals surface area contributed by atoms with Crippen LogP contribution in [0, 0.1) is 0 Å². The topological polar surface area (TPSA) is 172 Å². The van der Waals surface area contributed by atoms with Gasteiger partial charge >= 0.3 is 18.1 Å². The molecule has 0 atom stereocenters. The molecule has 4 N–H and O–H groups in total. The average molecular weight is 619 g/mol. The number of ether oxygens (including phenoxy) is 1. The molecule has 0 unspecified atom stereocenters. The fourth-order valence-electron chi connectivity index (χ4n) is 4.88. The Labute approximate surface area is 258 Å². The lowest BCUT2D eigenvalue weighted by molar-refractivity contribution is -0.145. The number of benzene rings is 1. The number of carbonyl (C=O) groups excluding carboxylic acids is 2. The van der Waals surface area contributed by atoms with Crippen LogP contribution >= 0.6 is 11.3 Å². The third-order valence-corrected chi connectivity index (χ3v) is 8.03. The van der Waals surface area contributed by atoms with Crippen LogP contribution in [0.1, 0.15) is 40.5 Å². The van der Waals surface area contributed by atoms with Crippen molar-refractivity contribution in [2.24, 2.45) is 0 Å². The van der Waals surface area contributed by atoms with Gasteiger partial charge in [0.15, 0.2) is 5.13 Å². The molecular formula is C30H34N8O5S. The average Bonchev–Trinajstić information content (AvgIpc) is 3.39. The Bertz CT molecular complexity index is 1660. The van der Waals surface area contributed by atoms with E-state index in [1.165, 1.54) is 11.3 Å². The van der Waals surface area contributed by atoms with Crippen molar-refractivity contribution in [2.75, 3.05) is 29.9 Å². The molecule has 1 saturated heterocycles. The molecule has 0 saturated carbocycles. The molecule has 44 heavy (non-hydrogen) atoms. The van der Waals surface area contributed by atoms with Gasteiger partial charge in [0.1, 0.15) is 11.1 Å². The number of urea groups is 1. The van der Waals surface area contributed by atoms with Crippen LogP contribution in [-0.2, 0) is 9.53 Å². The summed E-state index contributed by atoms with van der Waals surface area (Å²) in [5.41, 5.74) is 1.72. The Kier molecular flexibility index (Phi) is 8.63. The van der Waals surface area contributed by atoms with Crippen LogP contribution < -0.4 is 20.9 Å². The Balaban J connectivity index is 1.37. The van der Waals surface area contributed by atoms with Crippen molar-refractivity contribution in [2.45, 2.75) is 51.7 Å². The quantitative estimate of drug-likeness (QED) is 0.223. The number of aromatic nitrogens is 4. The highest BCUT2D eigenvalue weighted by atomic mass is 32.1. The van der Waals surface area contributed by atoms with Crippen molar-refractivity contribution < 1.29 is 24.2 Å². The number of hydrogen-bond donors (Lipinski definition) is 4. The lowest BCUT2D eigenvalue weighted by atomic mass is 9.87. The Hall–Kier alpha value is -4.85. The van der Waals surface area contributed by atoms with Gasteiger partial charge in [0.25, 0.3) is 0 Å². The Morgan fingerprint density at radius 3 is 2.41 bits per heavy atom. The number of aliphatic carboxylic acids is 1. The molecule has 0 bridgehead atoms. The number of thiazole rings is 1. The Morgan fingerprint density at radius 1 is 1.07 bits per heavy atom. The molecule has 5 rings (SSSR count).